The minimum absolute atomic E-state index is 0.0787. The molecule has 3 N–H and O–H groups in total. The predicted octanol–water partition coefficient (Wildman–Crippen LogP) is 2.29. The average molecular weight is 480 g/mol. The standard InChI is InChI=1S/C24H26FN7O3/c1-26-21-9-18(29-23-15(11-28-32(21)23)24(34)30-17-4-5-20(17)33)14-10-27-22-13(14)3-2-7-31(22)19-6-8-35-12-16(19)25/h2-3,7,9-11,16-17,19-20,26,33H,4-6,8,12H2,1H3,(H,30,34)/t16-,17?,19?,20?/m1/s1. The second-order valence-corrected chi connectivity index (χ2v) is 9.07. The Labute approximate surface area is 200 Å². The predicted molar refractivity (Wildman–Crippen MR) is 126 cm³/mol. The first-order valence-electron chi connectivity index (χ1n) is 11.8. The lowest BCUT2D eigenvalue weighted by atomic mass is 9.89. The molecule has 1 amide bonds. The Hall–Kier alpha value is -3.57. The molecule has 0 spiro atoms. The quantitative estimate of drug-likeness (QED) is 0.402. The lowest BCUT2D eigenvalue weighted by Crippen LogP contribution is -2.50. The molecule has 1 saturated heterocycles. The molecule has 0 radical (unpaired) electrons. The molecule has 2 aromatic rings. The van der Waals surface area contributed by atoms with Crippen molar-refractivity contribution in [1.82, 2.24) is 29.5 Å². The minimum atomic E-state index is -1.10. The number of hydrogen-bond acceptors (Lipinski definition) is 7. The molecule has 1 aliphatic carbocycles. The molecule has 4 aliphatic rings. The summed E-state index contributed by atoms with van der Waals surface area (Å²) in [6.07, 6.45) is 5.43. The molecule has 2 fully saturated rings. The summed E-state index contributed by atoms with van der Waals surface area (Å²) >= 11 is 0. The van der Waals surface area contributed by atoms with E-state index in [9.17, 15) is 14.3 Å². The number of fused-ring (bicyclic) bond motifs is 2. The van der Waals surface area contributed by atoms with Gasteiger partial charge in [-0.25, -0.2) is 14.4 Å². The molecule has 35 heavy (non-hydrogen) atoms. The lowest BCUT2D eigenvalue weighted by molar-refractivity contribution is 0.00346. The number of aliphatic hydroxyl groups is 1. The number of nitrogens with zero attached hydrogens (tertiary/aromatic N) is 5. The van der Waals surface area contributed by atoms with Crippen LogP contribution in [0, 0.1) is 0 Å². The maximum absolute atomic E-state index is 14.6. The van der Waals surface area contributed by atoms with E-state index in [1.165, 1.54) is 6.20 Å². The zero-order valence-electron chi connectivity index (χ0n) is 19.2. The van der Waals surface area contributed by atoms with E-state index in [2.05, 4.69) is 20.7 Å². The smallest absolute Gasteiger partial charge is 0.257 e. The topological polar surface area (TPSA) is 119 Å². The van der Waals surface area contributed by atoms with Gasteiger partial charge in [0.25, 0.3) is 5.91 Å². The summed E-state index contributed by atoms with van der Waals surface area (Å²) in [7, 11) is 1.77. The number of amides is 1. The first-order valence-corrected chi connectivity index (χ1v) is 11.8. The van der Waals surface area contributed by atoms with Gasteiger partial charge in [-0.05, 0) is 31.4 Å². The molecule has 10 nitrogen and oxygen atoms in total. The summed E-state index contributed by atoms with van der Waals surface area (Å²) < 4.78 is 23.4. The molecule has 5 heterocycles. The number of rotatable bonds is 5. The van der Waals surface area contributed by atoms with Crippen LogP contribution in [0.1, 0.15) is 35.7 Å². The molecule has 6 rings (SSSR count). The van der Waals surface area contributed by atoms with Crippen molar-refractivity contribution in [2.45, 2.75) is 43.6 Å². The Bertz CT molecular complexity index is 1370. The highest BCUT2D eigenvalue weighted by atomic mass is 19.1. The van der Waals surface area contributed by atoms with E-state index in [1.54, 1.807) is 17.8 Å². The van der Waals surface area contributed by atoms with Crippen molar-refractivity contribution in [2.75, 3.05) is 25.6 Å². The molecule has 0 bridgehead atoms. The molecule has 2 aromatic heterocycles. The maximum Gasteiger partial charge on any atom is 0.257 e. The van der Waals surface area contributed by atoms with Crippen molar-refractivity contribution in [1.29, 1.82) is 0 Å². The Morgan fingerprint density at radius 1 is 1.26 bits per heavy atom. The fourth-order valence-corrected chi connectivity index (χ4v) is 4.87. The van der Waals surface area contributed by atoms with Crippen LogP contribution in [-0.4, -0.2) is 73.7 Å². The number of aliphatic hydroxyl groups excluding tert-OH is 1. The monoisotopic (exact) mass is 479 g/mol. The molecule has 182 valence electrons. The Morgan fingerprint density at radius 2 is 2.14 bits per heavy atom. The van der Waals surface area contributed by atoms with Gasteiger partial charge in [0, 0.05) is 43.2 Å². The van der Waals surface area contributed by atoms with Crippen LogP contribution in [0.15, 0.2) is 36.8 Å². The number of anilines is 1. The first kappa shape index (κ1) is 21.9. The normalized spacial score (nSPS) is 24.4. The number of hydrogen-bond donors (Lipinski definition) is 3. The van der Waals surface area contributed by atoms with Crippen molar-refractivity contribution >= 4 is 17.4 Å². The SMILES string of the molecule is CNc1cc(-c2cnc3n(C4CCOC[C@H]4F)cccc2-3)nc2c(C(=O)NC3CCC3O)cnn12. The van der Waals surface area contributed by atoms with Crippen molar-refractivity contribution in [3.63, 3.8) is 0 Å². The molecule has 1 saturated carbocycles. The largest absolute Gasteiger partial charge is 0.391 e. The van der Waals surface area contributed by atoms with Crippen LogP contribution < -0.4 is 10.6 Å². The second-order valence-electron chi connectivity index (χ2n) is 9.07. The number of aromatic nitrogens is 5. The Balaban J connectivity index is 1.40. The fourth-order valence-electron chi connectivity index (χ4n) is 4.87. The number of pyridine rings is 1. The van der Waals surface area contributed by atoms with Gasteiger partial charge in [0.15, 0.2) is 5.65 Å². The third-order valence-corrected chi connectivity index (χ3v) is 7.01. The number of nitrogens with one attached hydrogen (secondary N) is 2. The van der Waals surface area contributed by atoms with E-state index < -0.39 is 12.3 Å². The van der Waals surface area contributed by atoms with E-state index in [4.69, 9.17) is 9.72 Å². The van der Waals surface area contributed by atoms with Gasteiger partial charge in [-0.15, -0.1) is 0 Å². The van der Waals surface area contributed by atoms with Crippen LogP contribution in [0.3, 0.4) is 0 Å². The molecule has 4 atom stereocenters. The molecular formula is C24H26FN7O3. The second kappa shape index (κ2) is 8.58. The zero-order valence-corrected chi connectivity index (χ0v) is 19.2. The van der Waals surface area contributed by atoms with Crippen molar-refractivity contribution < 1.29 is 19.0 Å². The molecule has 11 heteroatoms. The molecular weight excluding hydrogens is 453 g/mol. The highest BCUT2D eigenvalue weighted by Crippen LogP contribution is 2.37. The summed E-state index contributed by atoms with van der Waals surface area (Å²) in [5.41, 5.74) is 2.95. The van der Waals surface area contributed by atoms with Gasteiger partial charge in [0.2, 0.25) is 0 Å². The fraction of sp³-hybridized carbons (Fsp3) is 0.417. The third kappa shape index (κ3) is 3.62. The van der Waals surface area contributed by atoms with Gasteiger partial charge in [-0.1, -0.05) is 0 Å². The average Bonchev–Trinajstić information content (AvgIpc) is 3.50. The van der Waals surface area contributed by atoms with Gasteiger partial charge in [0.1, 0.15) is 23.4 Å². The van der Waals surface area contributed by atoms with Crippen LogP contribution in [0.4, 0.5) is 10.2 Å². The number of carbonyl (C=O) groups is 1. The first-order chi connectivity index (χ1) is 17.0. The van der Waals surface area contributed by atoms with Crippen LogP contribution >= 0.6 is 0 Å². The van der Waals surface area contributed by atoms with E-state index in [1.807, 2.05) is 29.0 Å². The van der Waals surface area contributed by atoms with E-state index in [0.29, 0.717) is 48.0 Å². The highest BCUT2D eigenvalue weighted by molar-refractivity contribution is 6.00. The molecule has 3 aliphatic heterocycles. The molecule has 0 aromatic carbocycles. The van der Waals surface area contributed by atoms with Crippen molar-refractivity contribution in [3.8, 4) is 22.6 Å². The summed E-state index contributed by atoms with van der Waals surface area (Å²) in [6.45, 7) is 0.588. The van der Waals surface area contributed by atoms with E-state index in [-0.39, 0.29) is 24.6 Å². The van der Waals surface area contributed by atoms with Crippen LogP contribution in [0.5, 0.6) is 0 Å². The van der Waals surface area contributed by atoms with Gasteiger partial charge in [0.05, 0.1) is 36.7 Å². The van der Waals surface area contributed by atoms with Crippen LogP contribution in [0.2, 0.25) is 0 Å². The number of carbonyl (C=O) groups excluding carboxylic acids is 1. The van der Waals surface area contributed by atoms with Crippen LogP contribution in [0.25, 0.3) is 28.3 Å². The van der Waals surface area contributed by atoms with Gasteiger partial charge >= 0.3 is 0 Å². The van der Waals surface area contributed by atoms with Crippen molar-refractivity contribution in [2.24, 2.45) is 0 Å². The maximum atomic E-state index is 14.6. The zero-order chi connectivity index (χ0) is 24.1. The van der Waals surface area contributed by atoms with Gasteiger partial charge in [-0.2, -0.15) is 9.61 Å². The summed E-state index contributed by atoms with van der Waals surface area (Å²) in [4.78, 5) is 22.3. The Kier molecular flexibility index (Phi) is 5.37. The van der Waals surface area contributed by atoms with Crippen LogP contribution in [-0.2, 0) is 4.74 Å². The summed E-state index contributed by atoms with van der Waals surface area (Å²) in [5.74, 6) is 1.00. The third-order valence-electron chi connectivity index (χ3n) is 7.01. The Morgan fingerprint density at radius 3 is 2.89 bits per heavy atom. The lowest BCUT2D eigenvalue weighted by Gasteiger charge is -2.32. The van der Waals surface area contributed by atoms with Gasteiger partial charge in [-0.3, -0.25) is 4.79 Å². The summed E-state index contributed by atoms with van der Waals surface area (Å²) in [6, 6.07) is 5.07. The van der Waals surface area contributed by atoms with E-state index in [0.717, 1.165) is 17.5 Å². The molecule has 3 unspecified atom stereocenters. The highest BCUT2D eigenvalue weighted by Gasteiger charge is 2.32. The number of ether oxygens (including phenoxy) is 1. The van der Waals surface area contributed by atoms with E-state index >= 15 is 0 Å². The van der Waals surface area contributed by atoms with Crippen molar-refractivity contribution in [3.05, 3.63) is 42.4 Å². The van der Waals surface area contributed by atoms with Gasteiger partial charge < -0.3 is 25.0 Å². The minimum Gasteiger partial charge on any atom is -0.391 e. The number of halogens is 1. The summed E-state index contributed by atoms with van der Waals surface area (Å²) in [5, 5.41) is 20.2. The number of alkyl halides is 1.